The topological polar surface area (TPSA) is 79.3 Å². The first-order valence-corrected chi connectivity index (χ1v) is 6.61. The molecule has 0 saturated carbocycles. The van der Waals surface area contributed by atoms with E-state index >= 15 is 0 Å². The molecule has 2 rings (SSSR count). The first-order valence-electron chi connectivity index (χ1n) is 6.23. The fraction of sp³-hybridized carbons (Fsp3) is 0.133. The Balaban J connectivity index is 2.20. The average Bonchev–Trinajstić information content (AvgIpc) is 2.47. The second-order valence-corrected chi connectivity index (χ2v) is 4.89. The molecule has 2 aromatic rings. The van der Waals surface area contributed by atoms with E-state index in [1.807, 2.05) is 6.07 Å². The first-order chi connectivity index (χ1) is 9.99. The molecule has 0 aliphatic carbocycles. The van der Waals surface area contributed by atoms with Crippen LogP contribution in [0.1, 0.15) is 39.4 Å². The largest absolute Gasteiger partial charge is 0.478 e. The lowest BCUT2D eigenvalue weighted by molar-refractivity contribution is 0.0689. The van der Waals surface area contributed by atoms with Crippen LogP contribution in [0.5, 0.6) is 0 Å². The zero-order valence-electron chi connectivity index (χ0n) is 11.2. The Morgan fingerprint density at radius 2 is 2.05 bits per heavy atom. The number of aromatic nitrogens is 1. The summed E-state index contributed by atoms with van der Waals surface area (Å²) in [5.74, 6) is -1.73. The van der Waals surface area contributed by atoms with E-state index in [9.17, 15) is 9.59 Å². The number of carboxylic acid groups (broad SMARTS) is 1. The van der Waals surface area contributed by atoms with Gasteiger partial charge in [-0.15, -0.1) is 0 Å². The maximum absolute atomic E-state index is 12.2. The standard InChI is InChI=1S/C15H13ClN2O3/c1-9(10-4-2-5-11(16)8-10)18-14(19)13-12(15(20)21)6-3-7-17-13/h2-9H,1H3,(H,18,19)(H,20,21)/t9-/m1/s1. The lowest BCUT2D eigenvalue weighted by Gasteiger charge is -2.15. The summed E-state index contributed by atoms with van der Waals surface area (Å²) in [7, 11) is 0. The molecule has 1 aromatic carbocycles. The molecule has 0 fully saturated rings. The van der Waals surface area contributed by atoms with Crippen LogP contribution < -0.4 is 5.32 Å². The molecular formula is C15H13ClN2O3. The molecule has 1 aromatic heterocycles. The Bertz CT molecular complexity index is 688. The highest BCUT2D eigenvalue weighted by Crippen LogP contribution is 2.18. The van der Waals surface area contributed by atoms with Crippen molar-refractivity contribution in [3.8, 4) is 0 Å². The van der Waals surface area contributed by atoms with Crippen LogP contribution in [0.15, 0.2) is 42.6 Å². The number of carboxylic acids is 1. The van der Waals surface area contributed by atoms with Crippen molar-refractivity contribution in [1.82, 2.24) is 10.3 Å². The normalized spacial score (nSPS) is 11.7. The smallest absolute Gasteiger partial charge is 0.338 e. The van der Waals surface area contributed by atoms with Gasteiger partial charge in [0.15, 0.2) is 0 Å². The van der Waals surface area contributed by atoms with E-state index in [0.29, 0.717) is 5.02 Å². The maximum Gasteiger partial charge on any atom is 0.338 e. The van der Waals surface area contributed by atoms with Gasteiger partial charge in [0.1, 0.15) is 5.69 Å². The number of rotatable bonds is 4. The second kappa shape index (κ2) is 6.37. The third-order valence-corrected chi connectivity index (χ3v) is 3.18. The van der Waals surface area contributed by atoms with Gasteiger partial charge >= 0.3 is 5.97 Å². The van der Waals surface area contributed by atoms with Crippen molar-refractivity contribution in [3.05, 3.63) is 64.4 Å². The summed E-state index contributed by atoms with van der Waals surface area (Å²) in [5, 5.41) is 12.3. The van der Waals surface area contributed by atoms with Crippen molar-refractivity contribution in [2.45, 2.75) is 13.0 Å². The fourth-order valence-electron chi connectivity index (χ4n) is 1.88. The molecule has 108 valence electrons. The summed E-state index contributed by atoms with van der Waals surface area (Å²) in [6, 6.07) is 9.58. The van der Waals surface area contributed by atoms with Gasteiger partial charge in [-0.3, -0.25) is 9.78 Å². The number of nitrogens with one attached hydrogen (secondary N) is 1. The lowest BCUT2D eigenvalue weighted by atomic mass is 10.1. The van der Waals surface area contributed by atoms with Gasteiger partial charge in [-0.05, 0) is 36.8 Å². The molecule has 0 spiro atoms. The van der Waals surface area contributed by atoms with Crippen LogP contribution >= 0.6 is 11.6 Å². The van der Waals surface area contributed by atoms with Crippen LogP contribution in [0.25, 0.3) is 0 Å². The Labute approximate surface area is 126 Å². The molecule has 1 heterocycles. The van der Waals surface area contributed by atoms with E-state index < -0.39 is 11.9 Å². The molecule has 0 unspecified atom stereocenters. The van der Waals surface area contributed by atoms with Gasteiger partial charge in [0, 0.05) is 11.2 Å². The van der Waals surface area contributed by atoms with Crippen molar-refractivity contribution >= 4 is 23.5 Å². The van der Waals surface area contributed by atoms with Crippen molar-refractivity contribution < 1.29 is 14.7 Å². The van der Waals surface area contributed by atoms with Gasteiger partial charge in [0.2, 0.25) is 0 Å². The van der Waals surface area contributed by atoms with Crippen LogP contribution in [0.4, 0.5) is 0 Å². The predicted molar refractivity (Wildman–Crippen MR) is 78.5 cm³/mol. The van der Waals surface area contributed by atoms with Crippen molar-refractivity contribution in [3.63, 3.8) is 0 Å². The summed E-state index contributed by atoms with van der Waals surface area (Å²) in [4.78, 5) is 27.1. The average molecular weight is 305 g/mol. The quantitative estimate of drug-likeness (QED) is 0.910. The molecular weight excluding hydrogens is 292 g/mol. The van der Waals surface area contributed by atoms with Gasteiger partial charge in [-0.2, -0.15) is 0 Å². The SMILES string of the molecule is C[C@@H](NC(=O)c1ncccc1C(=O)O)c1cccc(Cl)c1. The second-order valence-electron chi connectivity index (χ2n) is 4.45. The molecule has 0 aliphatic heterocycles. The fourth-order valence-corrected chi connectivity index (χ4v) is 2.08. The van der Waals surface area contributed by atoms with E-state index in [1.54, 1.807) is 25.1 Å². The Morgan fingerprint density at radius 1 is 1.29 bits per heavy atom. The third kappa shape index (κ3) is 3.58. The summed E-state index contributed by atoms with van der Waals surface area (Å²) >= 11 is 5.91. The minimum Gasteiger partial charge on any atom is -0.478 e. The van der Waals surface area contributed by atoms with Crippen LogP contribution in [-0.2, 0) is 0 Å². The molecule has 5 nitrogen and oxygen atoms in total. The van der Waals surface area contributed by atoms with Gasteiger partial charge < -0.3 is 10.4 Å². The predicted octanol–water partition coefficient (Wildman–Crippen LogP) is 2.92. The van der Waals surface area contributed by atoms with Crippen LogP contribution in [0, 0.1) is 0 Å². The number of nitrogens with zero attached hydrogens (tertiary/aromatic N) is 1. The summed E-state index contributed by atoms with van der Waals surface area (Å²) in [6.45, 7) is 1.78. The molecule has 21 heavy (non-hydrogen) atoms. The van der Waals surface area contributed by atoms with Gasteiger partial charge in [-0.25, -0.2) is 4.79 Å². The minimum absolute atomic E-state index is 0.112. The lowest BCUT2D eigenvalue weighted by Crippen LogP contribution is -2.29. The molecule has 1 amide bonds. The van der Waals surface area contributed by atoms with Crippen LogP contribution in [0.2, 0.25) is 5.02 Å². The molecule has 0 radical (unpaired) electrons. The van der Waals surface area contributed by atoms with Crippen molar-refractivity contribution in [2.75, 3.05) is 0 Å². The van der Waals surface area contributed by atoms with Gasteiger partial charge in [-0.1, -0.05) is 23.7 Å². The number of pyridine rings is 1. The van der Waals surface area contributed by atoms with E-state index in [-0.39, 0.29) is 17.3 Å². The highest BCUT2D eigenvalue weighted by Gasteiger charge is 2.19. The third-order valence-electron chi connectivity index (χ3n) is 2.95. The summed E-state index contributed by atoms with van der Waals surface area (Å²) < 4.78 is 0. The highest BCUT2D eigenvalue weighted by molar-refractivity contribution is 6.30. The summed E-state index contributed by atoms with van der Waals surface area (Å²) in [6.07, 6.45) is 1.38. The molecule has 0 bridgehead atoms. The zero-order valence-corrected chi connectivity index (χ0v) is 12.0. The van der Waals surface area contributed by atoms with Crippen LogP contribution in [0.3, 0.4) is 0 Å². The summed E-state index contributed by atoms with van der Waals surface area (Å²) in [5.41, 5.74) is 0.579. The number of hydrogen-bond donors (Lipinski definition) is 2. The maximum atomic E-state index is 12.2. The molecule has 2 N–H and O–H groups in total. The monoisotopic (exact) mass is 304 g/mol. The zero-order chi connectivity index (χ0) is 15.4. The number of amides is 1. The Morgan fingerprint density at radius 3 is 2.71 bits per heavy atom. The molecule has 6 heteroatoms. The van der Waals surface area contributed by atoms with Crippen molar-refractivity contribution in [1.29, 1.82) is 0 Å². The number of benzene rings is 1. The van der Waals surface area contributed by atoms with Crippen molar-refractivity contribution in [2.24, 2.45) is 0 Å². The van der Waals surface area contributed by atoms with E-state index in [1.165, 1.54) is 18.3 Å². The van der Waals surface area contributed by atoms with E-state index in [2.05, 4.69) is 10.3 Å². The Hall–Kier alpha value is -2.40. The molecule has 1 atom stereocenters. The number of aromatic carboxylic acids is 1. The van der Waals surface area contributed by atoms with Gasteiger partial charge in [0.05, 0.1) is 11.6 Å². The number of carbonyl (C=O) groups excluding carboxylic acids is 1. The van der Waals surface area contributed by atoms with E-state index in [4.69, 9.17) is 16.7 Å². The highest BCUT2D eigenvalue weighted by atomic mass is 35.5. The van der Waals surface area contributed by atoms with E-state index in [0.717, 1.165) is 5.56 Å². The Kier molecular flexibility index (Phi) is 4.55. The van der Waals surface area contributed by atoms with Crippen LogP contribution in [-0.4, -0.2) is 22.0 Å². The first kappa shape index (κ1) is 15.0. The number of carbonyl (C=O) groups is 2. The number of hydrogen-bond acceptors (Lipinski definition) is 3. The minimum atomic E-state index is -1.19. The number of halogens is 1. The molecule has 0 aliphatic rings. The molecule has 0 saturated heterocycles. The van der Waals surface area contributed by atoms with Gasteiger partial charge in [0.25, 0.3) is 5.91 Å².